The van der Waals surface area contributed by atoms with E-state index in [0.29, 0.717) is 53.4 Å². The third kappa shape index (κ3) is 6.24. The summed E-state index contributed by atoms with van der Waals surface area (Å²) in [6.45, 7) is 6.46. The summed E-state index contributed by atoms with van der Waals surface area (Å²) < 4.78 is 5.84. The van der Waals surface area contributed by atoms with Crippen molar-refractivity contribution in [3.63, 3.8) is 0 Å². The molecule has 4 aromatic rings. The second-order valence-electron chi connectivity index (χ2n) is 9.75. The van der Waals surface area contributed by atoms with E-state index in [1.807, 2.05) is 79.4 Å². The van der Waals surface area contributed by atoms with Crippen LogP contribution in [0.25, 0.3) is 17.4 Å². The van der Waals surface area contributed by atoms with Gasteiger partial charge in [-0.3, -0.25) is 9.59 Å². The molecule has 6 nitrogen and oxygen atoms in total. The number of hydrogen-bond donors (Lipinski definition) is 1. The number of hydrogen-bond acceptors (Lipinski definition) is 4. The first kappa shape index (κ1) is 27.6. The molecule has 1 aliphatic rings. The van der Waals surface area contributed by atoms with Gasteiger partial charge in [-0.1, -0.05) is 53.5 Å². The molecule has 5 rings (SSSR count). The van der Waals surface area contributed by atoms with E-state index in [0.717, 1.165) is 27.9 Å². The van der Waals surface area contributed by atoms with E-state index < -0.39 is 0 Å². The van der Waals surface area contributed by atoms with Crippen molar-refractivity contribution in [2.45, 2.75) is 13.8 Å². The van der Waals surface area contributed by atoms with E-state index in [-0.39, 0.29) is 11.8 Å². The average Bonchev–Trinajstić information content (AvgIpc) is 3.43. The van der Waals surface area contributed by atoms with Crippen LogP contribution in [0, 0.1) is 13.8 Å². The van der Waals surface area contributed by atoms with Crippen LogP contribution in [-0.4, -0.2) is 42.9 Å². The van der Waals surface area contributed by atoms with Gasteiger partial charge in [-0.15, -0.1) is 0 Å². The van der Waals surface area contributed by atoms with Crippen molar-refractivity contribution in [3.05, 3.63) is 111 Å². The zero-order valence-electron chi connectivity index (χ0n) is 22.3. The molecule has 3 aromatic carbocycles. The lowest BCUT2D eigenvalue weighted by Crippen LogP contribution is -2.49. The molecule has 0 atom stereocenters. The third-order valence-corrected chi connectivity index (χ3v) is 7.69. The highest BCUT2D eigenvalue weighted by atomic mass is 35.5. The minimum absolute atomic E-state index is 0.0558. The Bertz CT molecular complexity index is 1590. The molecule has 0 saturated carbocycles. The summed E-state index contributed by atoms with van der Waals surface area (Å²) in [6, 6.07) is 22.5. The standard InChI is InChI=1S/C32H29Cl2N3O3/c1-21-5-3-4-6-26(21)32(39)37-17-15-36(16-18-37)29-12-9-24(20-28(29)34)35-31(38)14-11-25-10-13-30(40-25)23-8-7-22(2)27(33)19-23/h3-14,19-20H,15-18H2,1-2H3,(H,35,38)/b14-11+. The van der Waals surface area contributed by atoms with Crippen LogP contribution in [0.2, 0.25) is 10.0 Å². The van der Waals surface area contributed by atoms with Crippen LogP contribution in [0.5, 0.6) is 0 Å². The van der Waals surface area contributed by atoms with Gasteiger partial charge in [0.15, 0.2) is 0 Å². The molecule has 1 saturated heterocycles. The van der Waals surface area contributed by atoms with Crippen LogP contribution < -0.4 is 10.2 Å². The van der Waals surface area contributed by atoms with E-state index in [1.165, 1.54) is 6.08 Å². The lowest BCUT2D eigenvalue weighted by atomic mass is 10.1. The third-order valence-electron chi connectivity index (χ3n) is 6.98. The van der Waals surface area contributed by atoms with Crippen LogP contribution in [0.15, 0.2) is 83.3 Å². The Labute approximate surface area is 243 Å². The maximum atomic E-state index is 12.9. The van der Waals surface area contributed by atoms with Crippen molar-refractivity contribution < 1.29 is 14.0 Å². The van der Waals surface area contributed by atoms with Crippen LogP contribution in [0.4, 0.5) is 11.4 Å². The Morgan fingerprint density at radius 1 is 0.850 bits per heavy atom. The van der Waals surface area contributed by atoms with Gasteiger partial charge in [0, 0.05) is 54.1 Å². The molecule has 1 aromatic heterocycles. The molecule has 2 amide bonds. The molecular weight excluding hydrogens is 545 g/mol. The number of anilines is 2. The number of halogens is 2. The van der Waals surface area contributed by atoms with E-state index in [2.05, 4.69) is 10.2 Å². The second kappa shape index (κ2) is 12.0. The topological polar surface area (TPSA) is 65.8 Å². The number of rotatable bonds is 6. The fourth-order valence-corrected chi connectivity index (χ4v) is 5.14. The molecule has 8 heteroatoms. The Kier molecular flexibility index (Phi) is 8.29. The molecule has 204 valence electrons. The number of piperazine rings is 1. The number of carbonyl (C=O) groups is 2. The maximum absolute atomic E-state index is 12.9. The highest BCUT2D eigenvalue weighted by Crippen LogP contribution is 2.30. The van der Waals surface area contributed by atoms with Crippen LogP contribution >= 0.6 is 23.2 Å². The minimum atomic E-state index is -0.302. The highest BCUT2D eigenvalue weighted by Gasteiger charge is 2.24. The molecule has 2 heterocycles. The predicted molar refractivity (Wildman–Crippen MR) is 162 cm³/mol. The fraction of sp³-hybridized carbons (Fsp3) is 0.188. The lowest BCUT2D eigenvalue weighted by Gasteiger charge is -2.36. The van der Waals surface area contributed by atoms with E-state index in [1.54, 1.807) is 18.2 Å². The molecule has 0 radical (unpaired) electrons. The summed E-state index contributed by atoms with van der Waals surface area (Å²) in [5, 5.41) is 4.05. The lowest BCUT2D eigenvalue weighted by molar-refractivity contribution is -0.111. The first-order valence-electron chi connectivity index (χ1n) is 13.0. The molecule has 1 aliphatic heterocycles. The van der Waals surface area contributed by atoms with Crippen molar-refractivity contribution in [2.75, 3.05) is 36.4 Å². The first-order valence-corrected chi connectivity index (χ1v) is 13.8. The minimum Gasteiger partial charge on any atom is -0.457 e. The number of benzene rings is 3. The first-order chi connectivity index (χ1) is 19.3. The summed E-state index contributed by atoms with van der Waals surface area (Å²) in [5.74, 6) is 0.976. The van der Waals surface area contributed by atoms with Gasteiger partial charge >= 0.3 is 0 Å². The van der Waals surface area contributed by atoms with Crippen LogP contribution in [0.1, 0.15) is 27.2 Å². The smallest absolute Gasteiger partial charge is 0.254 e. The quantitative estimate of drug-likeness (QED) is 0.243. The van der Waals surface area contributed by atoms with Crippen molar-refractivity contribution in [1.29, 1.82) is 0 Å². The Morgan fingerprint density at radius 3 is 2.35 bits per heavy atom. The van der Waals surface area contributed by atoms with Gasteiger partial charge in [0.05, 0.1) is 10.7 Å². The number of furan rings is 1. The SMILES string of the molecule is Cc1ccc(-c2ccc(/C=C/C(=O)Nc3ccc(N4CCN(C(=O)c5ccccc5C)CC4)c(Cl)c3)o2)cc1Cl. The fourth-order valence-electron chi connectivity index (χ4n) is 4.66. The number of nitrogens with zero attached hydrogens (tertiary/aromatic N) is 2. The van der Waals surface area contributed by atoms with Crippen molar-refractivity contribution in [3.8, 4) is 11.3 Å². The summed E-state index contributed by atoms with van der Waals surface area (Å²) >= 11 is 12.8. The molecule has 1 fully saturated rings. The monoisotopic (exact) mass is 573 g/mol. The highest BCUT2D eigenvalue weighted by molar-refractivity contribution is 6.33. The summed E-state index contributed by atoms with van der Waals surface area (Å²) in [4.78, 5) is 29.5. The van der Waals surface area contributed by atoms with Gasteiger partial charge in [-0.05, 0) is 73.5 Å². The van der Waals surface area contributed by atoms with Gasteiger partial charge in [-0.2, -0.15) is 0 Å². The van der Waals surface area contributed by atoms with E-state index in [9.17, 15) is 9.59 Å². The van der Waals surface area contributed by atoms with Gasteiger partial charge in [0.2, 0.25) is 5.91 Å². The van der Waals surface area contributed by atoms with Gasteiger partial charge < -0.3 is 19.5 Å². The van der Waals surface area contributed by atoms with Crippen LogP contribution in [-0.2, 0) is 4.79 Å². The maximum Gasteiger partial charge on any atom is 0.254 e. The largest absolute Gasteiger partial charge is 0.457 e. The molecule has 40 heavy (non-hydrogen) atoms. The zero-order valence-corrected chi connectivity index (χ0v) is 23.8. The zero-order chi connectivity index (χ0) is 28.2. The summed E-state index contributed by atoms with van der Waals surface area (Å²) in [5.41, 5.74) is 5.05. The van der Waals surface area contributed by atoms with Gasteiger partial charge in [-0.25, -0.2) is 0 Å². The van der Waals surface area contributed by atoms with E-state index >= 15 is 0 Å². The molecule has 0 unspecified atom stereocenters. The van der Waals surface area contributed by atoms with Gasteiger partial charge in [0.25, 0.3) is 5.91 Å². The van der Waals surface area contributed by atoms with Crippen molar-refractivity contribution in [1.82, 2.24) is 4.90 Å². The Hall–Kier alpha value is -4.00. The van der Waals surface area contributed by atoms with Gasteiger partial charge in [0.1, 0.15) is 11.5 Å². The number of nitrogens with one attached hydrogen (secondary N) is 1. The second-order valence-corrected chi connectivity index (χ2v) is 10.6. The predicted octanol–water partition coefficient (Wildman–Crippen LogP) is 7.48. The average molecular weight is 575 g/mol. The van der Waals surface area contributed by atoms with E-state index in [4.69, 9.17) is 27.6 Å². The number of carbonyl (C=O) groups excluding carboxylic acids is 2. The van der Waals surface area contributed by atoms with Crippen molar-refractivity contribution in [2.24, 2.45) is 0 Å². The number of aryl methyl sites for hydroxylation is 2. The summed E-state index contributed by atoms with van der Waals surface area (Å²) in [7, 11) is 0. The summed E-state index contributed by atoms with van der Waals surface area (Å²) in [6.07, 6.45) is 3.03. The molecular formula is C32H29Cl2N3O3. The Balaban J connectivity index is 1.16. The molecule has 0 spiro atoms. The Morgan fingerprint density at radius 2 is 1.62 bits per heavy atom. The molecule has 0 aliphatic carbocycles. The normalized spacial score (nSPS) is 13.6. The number of amides is 2. The van der Waals surface area contributed by atoms with Crippen molar-refractivity contribution >= 4 is 52.5 Å². The molecule has 1 N–H and O–H groups in total. The van der Waals surface area contributed by atoms with Crippen LogP contribution in [0.3, 0.4) is 0 Å². The molecule has 0 bridgehead atoms.